The highest BCUT2D eigenvalue weighted by Crippen LogP contribution is 2.44. The second-order valence-electron chi connectivity index (χ2n) is 7.67. The predicted octanol–water partition coefficient (Wildman–Crippen LogP) is 4.80. The molecule has 2 aromatic carbocycles. The van der Waals surface area contributed by atoms with Gasteiger partial charge in [-0.15, -0.1) is 0 Å². The highest BCUT2D eigenvalue weighted by Gasteiger charge is 2.48. The van der Waals surface area contributed by atoms with Crippen molar-refractivity contribution >= 4 is 55.0 Å². The summed E-state index contributed by atoms with van der Waals surface area (Å²) in [5.74, 6) is -1.72. The van der Waals surface area contributed by atoms with Crippen molar-refractivity contribution in [1.29, 1.82) is 0 Å². The minimum atomic E-state index is -0.854. The minimum absolute atomic E-state index is 0.0111. The van der Waals surface area contributed by atoms with Gasteiger partial charge < -0.3 is 10.1 Å². The fourth-order valence-corrected chi connectivity index (χ4v) is 5.25. The molecule has 7 nitrogen and oxygen atoms in total. The van der Waals surface area contributed by atoms with E-state index in [-0.39, 0.29) is 11.3 Å². The molecule has 0 bridgehead atoms. The summed E-state index contributed by atoms with van der Waals surface area (Å²) < 4.78 is 0.899. The van der Waals surface area contributed by atoms with Crippen molar-refractivity contribution in [2.24, 2.45) is 0 Å². The summed E-state index contributed by atoms with van der Waals surface area (Å²) in [6, 6.07) is 17.7. The molecule has 0 aliphatic carbocycles. The number of fused-ring (bicyclic) bond motifs is 2. The largest absolute Gasteiger partial charge is 0.507 e. The standard InChI is InChI=1S/C25H16N4O3S/c30-22(16-13-27-17-8-2-1-7-15(16)17)20-21(14-6-5-11-26-12-14)29(24(32)23(20)31)25-28-18-9-3-4-10-19(18)33-25/h1-13,21,27,30H/b22-20+. The van der Waals surface area contributed by atoms with Gasteiger partial charge in [0.05, 0.1) is 21.8 Å². The quantitative estimate of drug-likeness (QED) is 0.233. The van der Waals surface area contributed by atoms with Crippen molar-refractivity contribution in [3.63, 3.8) is 0 Å². The molecule has 5 aromatic rings. The van der Waals surface area contributed by atoms with Gasteiger partial charge in [0.1, 0.15) is 5.76 Å². The Balaban J connectivity index is 1.59. The second-order valence-corrected chi connectivity index (χ2v) is 8.68. The number of anilines is 1. The molecule has 1 aliphatic rings. The molecule has 1 saturated heterocycles. The molecule has 33 heavy (non-hydrogen) atoms. The van der Waals surface area contributed by atoms with Gasteiger partial charge in [-0.05, 0) is 29.8 Å². The summed E-state index contributed by atoms with van der Waals surface area (Å²) in [6.45, 7) is 0. The van der Waals surface area contributed by atoms with Gasteiger partial charge in [-0.25, -0.2) is 4.98 Å². The molecule has 0 spiro atoms. The number of aromatic nitrogens is 3. The number of aliphatic hydroxyl groups is 1. The Bertz CT molecular complexity index is 1550. The number of nitrogens with zero attached hydrogens (tertiary/aromatic N) is 3. The van der Waals surface area contributed by atoms with Gasteiger partial charge in [-0.1, -0.05) is 47.7 Å². The zero-order valence-corrected chi connectivity index (χ0v) is 17.9. The number of hydrogen-bond acceptors (Lipinski definition) is 6. The zero-order chi connectivity index (χ0) is 22.5. The molecule has 1 atom stereocenters. The van der Waals surface area contributed by atoms with Gasteiger partial charge in [0.15, 0.2) is 5.13 Å². The molecule has 160 valence electrons. The summed E-state index contributed by atoms with van der Waals surface area (Å²) in [6.07, 6.45) is 4.86. The maximum absolute atomic E-state index is 13.3. The number of rotatable bonds is 3. The number of nitrogens with one attached hydrogen (secondary N) is 1. The Morgan fingerprint density at radius 2 is 1.85 bits per heavy atom. The van der Waals surface area contributed by atoms with Crippen LogP contribution >= 0.6 is 11.3 Å². The summed E-state index contributed by atoms with van der Waals surface area (Å²) in [5.41, 5.74) is 2.63. The molecule has 4 heterocycles. The molecule has 6 rings (SSSR count). The average Bonchev–Trinajstić information content (AvgIpc) is 3.53. The first-order chi connectivity index (χ1) is 16.1. The third-order valence-corrected chi connectivity index (χ3v) is 6.81. The summed E-state index contributed by atoms with van der Waals surface area (Å²) in [4.78, 5) is 39.8. The van der Waals surface area contributed by atoms with Crippen LogP contribution in [0.4, 0.5) is 5.13 Å². The second kappa shape index (κ2) is 7.39. The van der Waals surface area contributed by atoms with Crippen molar-refractivity contribution in [1.82, 2.24) is 15.0 Å². The molecule has 1 amide bonds. The van der Waals surface area contributed by atoms with E-state index in [1.54, 1.807) is 30.7 Å². The van der Waals surface area contributed by atoms with Crippen LogP contribution in [-0.4, -0.2) is 31.7 Å². The summed E-state index contributed by atoms with van der Waals surface area (Å²) in [7, 11) is 0. The molecule has 8 heteroatoms. The molecular formula is C25H16N4O3S. The fourth-order valence-electron chi connectivity index (χ4n) is 4.26. The maximum Gasteiger partial charge on any atom is 0.301 e. The zero-order valence-electron chi connectivity index (χ0n) is 17.1. The normalized spacial score (nSPS) is 17.9. The highest BCUT2D eigenvalue weighted by molar-refractivity contribution is 7.22. The van der Waals surface area contributed by atoms with Gasteiger partial charge in [-0.2, -0.15) is 0 Å². The van der Waals surface area contributed by atoms with Crippen molar-refractivity contribution < 1.29 is 14.7 Å². The molecule has 0 saturated carbocycles. The topological polar surface area (TPSA) is 99.2 Å². The lowest BCUT2D eigenvalue weighted by Gasteiger charge is -2.22. The summed E-state index contributed by atoms with van der Waals surface area (Å²) >= 11 is 1.32. The molecule has 2 N–H and O–H groups in total. The monoisotopic (exact) mass is 452 g/mol. The third kappa shape index (κ3) is 2.95. The van der Waals surface area contributed by atoms with E-state index in [4.69, 9.17) is 0 Å². The number of amides is 1. The van der Waals surface area contributed by atoms with Crippen molar-refractivity contribution in [3.8, 4) is 0 Å². The van der Waals surface area contributed by atoms with E-state index in [1.165, 1.54) is 16.2 Å². The van der Waals surface area contributed by atoms with E-state index in [0.29, 0.717) is 16.3 Å². The third-order valence-electron chi connectivity index (χ3n) is 5.78. The van der Waals surface area contributed by atoms with E-state index in [9.17, 15) is 14.7 Å². The number of pyridine rings is 1. The Labute approximate surface area is 191 Å². The van der Waals surface area contributed by atoms with Gasteiger partial charge >= 0.3 is 5.91 Å². The van der Waals surface area contributed by atoms with Crippen LogP contribution in [0.5, 0.6) is 0 Å². The van der Waals surface area contributed by atoms with E-state index in [2.05, 4.69) is 15.0 Å². The van der Waals surface area contributed by atoms with Crippen molar-refractivity contribution in [2.45, 2.75) is 6.04 Å². The molecular weight excluding hydrogens is 436 g/mol. The lowest BCUT2D eigenvalue weighted by molar-refractivity contribution is -0.132. The Morgan fingerprint density at radius 3 is 2.67 bits per heavy atom. The Morgan fingerprint density at radius 1 is 1.03 bits per heavy atom. The van der Waals surface area contributed by atoms with Crippen LogP contribution in [0.1, 0.15) is 17.2 Å². The van der Waals surface area contributed by atoms with Gasteiger partial charge in [0.2, 0.25) is 0 Å². The van der Waals surface area contributed by atoms with Crippen LogP contribution in [0, 0.1) is 0 Å². The van der Waals surface area contributed by atoms with E-state index < -0.39 is 17.7 Å². The van der Waals surface area contributed by atoms with E-state index in [0.717, 1.165) is 21.1 Å². The lowest BCUT2D eigenvalue weighted by atomic mass is 9.96. The van der Waals surface area contributed by atoms with Crippen LogP contribution in [0.25, 0.3) is 26.9 Å². The van der Waals surface area contributed by atoms with Gasteiger partial charge in [0.25, 0.3) is 5.78 Å². The number of H-pyrrole nitrogens is 1. The highest BCUT2D eigenvalue weighted by atomic mass is 32.1. The Kier molecular flexibility index (Phi) is 4.34. The van der Waals surface area contributed by atoms with Crippen LogP contribution in [0.2, 0.25) is 0 Å². The SMILES string of the molecule is O=C1C(=O)N(c2nc3ccccc3s2)C(c2cccnc2)/C1=C(\O)c1c[nH]c2ccccc12. The van der Waals surface area contributed by atoms with Crippen LogP contribution in [0.3, 0.4) is 0 Å². The molecule has 0 radical (unpaired) electrons. The molecule has 3 aromatic heterocycles. The first kappa shape index (κ1) is 19.4. The number of carbonyl (C=O) groups is 2. The van der Waals surface area contributed by atoms with Crippen LogP contribution < -0.4 is 4.90 Å². The smallest absolute Gasteiger partial charge is 0.301 e. The van der Waals surface area contributed by atoms with Crippen molar-refractivity contribution in [3.05, 3.63) is 96.0 Å². The summed E-state index contributed by atoms with van der Waals surface area (Å²) in [5, 5.41) is 12.5. The van der Waals surface area contributed by atoms with Gasteiger partial charge in [0, 0.05) is 35.1 Å². The van der Waals surface area contributed by atoms with Crippen molar-refractivity contribution in [2.75, 3.05) is 4.90 Å². The van der Waals surface area contributed by atoms with E-state index >= 15 is 0 Å². The number of aromatic amines is 1. The maximum atomic E-state index is 13.3. The minimum Gasteiger partial charge on any atom is -0.507 e. The predicted molar refractivity (Wildman–Crippen MR) is 127 cm³/mol. The van der Waals surface area contributed by atoms with Gasteiger partial charge in [-0.3, -0.25) is 19.5 Å². The van der Waals surface area contributed by atoms with Crippen LogP contribution in [-0.2, 0) is 9.59 Å². The first-order valence-electron chi connectivity index (χ1n) is 10.3. The number of Topliss-reactive ketones (excluding diaryl/α,β-unsaturated/α-hetero) is 1. The first-order valence-corrected chi connectivity index (χ1v) is 11.1. The number of thiazole rings is 1. The average molecular weight is 452 g/mol. The molecule has 1 fully saturated rings. The van der Waals surface area contributed by atoms with Crippen LogP contribution in [0.15, 0.2) is 84.8 Å². The number of ketones is 1. The molecule has 1 aliphatic heterocycles. The Hall–Kier alpha value is -4.30. The lowest BCUT2D eigenvalue weighted by Crippen LogP contribution is -2.29. The number of para-hydroxylation sites is 2. The fraction of sp³-hybridized carbons (Fsp3) is 0.0400. The number of aliphatic hydroxyl groups excluding tert-OH is 1. The molecule has 1 unspecified atom stereocenters. The number of hydrogen-bond donors (Lipinski definition) is 2. The number of benzene rings is 2. The number of carbonyl (C=O) groups excluding carboxylic acids is 2. The van der Waals surface area contributed by atoms with E-state index in [1.807, 2.05) is 48.5 Å².